The van der Waals surface area contributed by atoms with Gasteiger partial charge >= 0.3 is 12.2 Å². The molecule has 0 spiro atoms. The molecule has 1 aliphatic carbocycles. The van der Waals surface area contributed by atoms with E-state index in [1.54, 1.807) is 6.92 Å². The minimum absolute atomic E-state index is 0.127. The molecular formula is C24H25F5N2O2. The summed E-state index contributed by atoms with van der Waals surface area (Å²) in [5.41, 5.74) is -0.895. The maximum Gasteiger partial charge on any atom is 0.416 e. The normalized spacial score (nSPS) is 24.3. The molecule has 2 amide bonds. The van der Waals surface area contributed by atoms with Crippen molar-refractivity contribution in [2.75, 3.05) is 13.2 Å². The van der Waals surface area contributed by atoms with Crippen molar-refractivity contribution >= 4 is 6.03 Å². The van der Waals surface area contributed by atoms with Gasteiger partial charge in [0.05, 0.1) is 12.2 Å². The van der Waals surface area contributed by atoms with Gasteiger partial charge < -0.3 is 15.4 Å². The molecule has 1 saturated carbocycles. The standard InChI is InChI=1S/C24H25F5N2O2/c1-2-30-22(32)31-17-9-10-23(12-14-3-5-15(6-4-14)24(27,28)29)16(11-17)13-33-21-19(26)8-7-18(25)20(21)23/h3-8,16-17H,2,9-13H2,1H3,(H2,30,31,32)/t16-,17-,23+/m1/s1. The number of rotatable bonds is 4. The van der Waals surface area contributed by atoms with Crippen LogP contribution in [-0.4, -0.2) is 25.2 Å². The number of alkyl halides is 3. The van der Waals surface area contributed by atoms with Crippen LogP contribution in [0.3, 0.4) is 0 Å². The molecule has 0 radical (unpaired) electrons. The summed E-state index contributed by atoms with van der Waals surface area (Å²) in [5, 5.41) is 5.59. The Labute approximate surface area is 188 Å². The Balaban J connectivity index is 1.70. The van der Waals surface area contributed by atoms with Gasteiger partial charge in [-0.1, -0.05) is 12.1 Å². The predicted octanol–water partition coefficient (Wildman–Crippen LogP) is 5.34. The van der Waals surface area contributed by atoms with Crippen LogP contribution >= 0.6 is 0 Å². The number of amides is 2. The molecule has 1 heterocycles. The Morgan fingerprint density at radius 2 is 1.82 bits per heavy atom. The second kappa shape index (κ2) is 8.83. The van der Waals surface area contributed by atoms with Gasteiger partial charge in [0, 0.05) is 29.5 Å². The highest BCUT2D eigenvalue weighted by atomic mass is 19.4. The van der Waals surface area contributed by atoms with Crippen LogP contribution in [0.1, 0.15) is 42.9 Å². The number of hydrogen-bond donors (Lipinski definition) is 2. The summed E-state index contributed by atoms with van der Waals surface area (Å²) in [6.07, 6.45) is -2.80. The van der Waals surface area contributed by atoms with Crippen molar-refractivity contribution < 1.29 is 31.5 Å². The van der Waals surface area contributed by atoms with Crippen LogP contribution in [0.5, 0.6) is 5.75 Å². The molecule has 33 heavy (non-hydrogen) atoms. The van der Waals surface area contributed by atoms with Gasteiger partial charge in [0.25, 0.3) is 0 Å². The van der Waals surface area contributed by atoms with E-state index in [0.717, 1.165) is 24.3 Å². The molecule has 0 bridgehead atoms. The second-order valence-corrected chi connectivity index (χ2v) is 8.74. The van der Waals surface area contributed by atoms with Gasteiger partial charge in [-0.3, -0.25) is 0 Å². The van der Waals surface area contributed by atoms with Crippen LogP contribution in [0, 0.1) is 17.6 Å². The Morgan fingerprint density at radius 3 is 2.48 bits per heavy atom. The van der Waals surface area contributed by atoms with Gasteiger partial charge in [0.2, 0.25) is 0 Å². The fourth-order valence-electron chi connectivity index (χ4n) is 5.23. The van der Waals surface area contributed by atoms with Crippen molar-refractivity contribution in [3.05, 3.63) is 64.7 Å². The molecule has 3 atom stereocenters. The first-order chi connectivity index (χ1) is 15.6. The largest absolute Gasteiger partial charge is 0.490 e. The summed E-state index contributed by atoms with van der Waals surface area (Å²) in [7, 11) is 0. The van der Waals surface area contributed by atoms with Crippen LogP contribution in [0.2, 0.25) is 0 Å². The number of fused-ring (bicyclic) bond motifs is 3. The van der Waals surface area contributed by atoms with E-state index >= 15 is 4.39 Å². The average molecular weight is 468 g/mol. The lowest BCUT2D eigenvalue weighted by molar-refractivity contribution is -0.137. The van der Waals surface area contributed by atoms with Crippen molar-refractivity contribution in [3.8, 4) is 5.75 Å². The number of nitrogens with one attached hydrogen (secondary N) is 2. The van der Waals surface area contributed by atoms with E-state index in [0.29, 0.717) is 31.4 Å². The van der Waals surface area contributed by atoms with E-state index in [-0.39, 0.29) is 42.3 Å². The van der Waals surface area contributed by atoms with E-state index in [2.05, 4.69) is 10.6 Å². The number of carbonyl (C=O) groups is 1. The lowest BCUT2D eigenvalue weighted by Gasteiger charge is -2.50. The van der Waals surface area contributed by atoms with Gasteiger partial charge in [-0.2, -0.15) is 13.2 Å². The highest BCUT2D eigenvalue weighted by molar-refractivity contribution is 5.74. The lowest BCUT2D eigenvalue weighted by Crippen LogP contribution is -2.54. The molecule has 178 valence electrons. The first-order valence-electron chi connectivity index (χ1n) is 11.0. The van der Waals surface area contributed by atoms with Crippen molar-refractivity contribution in [1.82, 2.24) is 10.6 Å². The smallest absolute Gasteiger partial charge is 0.416 e. The molecule has 9 heteroatoms. The van der Waals surface area contributed by atoms with Crippen LogP contribution in [0.4, 0.5) is 26.7 Å². The summed E-state index contributed by atoms with van der Waals surface area (Å²) in [5.74, 6) is -1.66. The van der Waals surface area contributed by atoms with Crippen LogP contribution in [-0.2, 0) is 18.0 Å². The third kappa shape index (κ3) is 4.50. The minimum atomic E-state index is -4.46. The zero-order chi connectivity index (χ0) is 23.8. The van der Waals surface area contributed by atoms with Crippen molar-refractivity contribution in [3.63, 3.8) is 0 Å². The van der Waals surface area contributed by atoms with Crippen LogP contribution in [0.15, 0.2) is 36.4 Å². The number of carbonyl (C=O) groups excluding carboxylic acids is 1. The molecule has 2 N–H and O–H groups in total. The molecule has 0 unspecified atom stereocenters. The maximum absolute atomic E-state index is 15.1. The average Bonchev–Trinajstić information content (AvgIpc) is 2.76. The van der Waals surface area contributed by atoms with E-state index in [1.807, 2.05) is 0 Å². The summed E-state index contributed by atoms with van der Waals surface area (Å²) < 4.78 is 74.3. The minimum Gasteiger partial charge on any atom is -0.490 e. The summed E-state index contributed by atoms with van der Waals surface area (Å²) >= 11 is 0. The van der Waals surface area contributed by atoms with Gasteiger partial charge in [-0.25, -0.2) is 13.6 Å². The van der Waals surface area contributed by atoms with Crippen LogP contribution in [0.25, 0.3) is 0 Å². The highest BCUT2D eigenvalue weighted by Gasteiger charge is 2.51. The SMILES string of the molecule is CCNC(=O)N[C@@H]1CC[C@@]2(Cc3ccc(C(F)(F)F)cc3)c3c(F)ccc(F)c3OC[C@H]2C1. The van der Waals surface area contributed by atoms with E-state index in [9.17, 15) is 22.4 Å². The maximum atomic E-state index is 15.1. The highest BCUT2D eigenvalue weighted by Crippen LogP contribution is 2.53. The third-order valence-corrected chi connectivity index (χ3v) is 6.75. The number of benzene rings is 2. The summed E-state index contributed by atoms with van der Waals surface area (Å²) in [4.78, 5) is 12.0. The number of urea groups is 1. The van der Waals surface area contributed by atoms with Gasteiger partial charge in [0.1, 0.15) is 5.82 Å². The molecule has 2 aromatic carbocycles. The molecule has 2 aliphatic rings. The monoisotopic (exact) mass is 468 g/mol. The second-order valence-electron chi connectivity index (χ2n) is 8.74. The third-order valence-electron chi connectivity index (χ3n) is 6.75. The molecule has 0 saturated heterocycles. The fourth-order valence-corrected chi connectivity index (χ4v) is 5.23. The number of hydrogen-bond acceptors (Lipinski definition) is 2. The van der Waals surface area contributed by atoms with Crippen LogP contribution < -0.4 is 15.4 Å². The first-order valence-corrected chi connectivity index (χ1v) is 11.0. The molecule has 4 nitrogen and oxygen atoms in total. The number of halogens is 5. The molecular weight excluding hydrogens is 443 g/mol. The van der Waals surface area contributed by atoms with Gasteiger partial charge in [0.15, 0.2) is 11.6 Å². The van der Waals surface area contributed by atoms with Crippen molar-refractivity contribution in [2.24, 2.45) is 5.92 Å². The molecule has 2 aromatic rings. The van der Waals surface area contributed by atoms with Crippen molar-refractivity contribution in [1.29, 1.82) is 0 Å². The first kappa shape index (κ1) is 23.3. The zero-order valence-electron chi connectivity index (χ0n) is 18.1. The molecule has 1 aliphatic heterocycles. The summed E-state index contributed by atoms with van der Waals surface area (Å²) in [6.45, 7) is 2.40. The quantitative estimate of drug-likeness (QED) is 0.595. The Morgan fingerprint density at radius 1 is 1.12 bits per heavy atom. The zero-order valence-corrected chi connectivity index (χ0v) is 18.1. The predicted molar refractivity (Wildman–Crippen MR) is 112 cm³/mol. The Bertz CT molecular complexity index is 1020. The van der Waals surface area contributed by atoms with E-state index < -0.39 is 28.8 Å². The lowest BCUT2D eigenvalue weighted by atomic mass is 9.58. The topological polar surface area (TPSA) is 50.4 Å². The fraction of sp³-hybridized carbons (Fsp3) is 0.458. The number of ether oxygens (including phenoxy) is 1. The summed E-state index contributed by atoms with van der Waals surface area (Å²) in [6, 6.07) is 6.39. The molecule has 1 fully saturated rings. The Hall–Kier alpha value is -2.84. The van der Waals surface area contributed by atoms with E-state index in [1.165, 1.54) is 12.1 Å². The van der Waals surface area contributed by atoms with Gasteiger partial charge in [-0.05, 0) is 62.4 Å². The Kier molecular flexibility index (Phi) is 6.24. The molecule has 0 aromatic heterocycles. The van der Waals surface area contributed by atoms with Crippen molar-refractivity contribution in [2.45, 2.75) is 50.2 Å². The van der Waals surface area contributed by atoms with Gasteiger partial charge in [-0.15, -0.1) is 0 Å². The van der Waals surface area contributed by atoms with E-state index in [4.69, 9.17) is 4.74 Å². The molecule has 4 rings (SSSR count).